The first-order chi connectivity index (χ1) is 12.4. The van der Waals surface area contributed by atoms with Crippen molar-refractivity contribution in [2.45, 2.75) is 51.0 Å². The summed E-state index contributed by atoms with van der Waals surface area (Å²) in [4.78, 5) is 30.9. The smallest absolute Gasteiger partial charge is 0.310 e. The fraction of sp³-hybridized carbons (Fsp3) is 0.579. The van der Waals surface area contributed by atoms with Crippen molar-refractivity contribution in [1.82, 2.24) is 20.1 Å². The highest BCUT2D eigenvalue weighted by Gasteiger charge is 2.41. The van der Waals surface area contributed by atoms with Gasteiger partial charge in [-0.25, -0.2) is 4.98 Å². The molecule has 1 N–H and O–H groups in total. The quantitative estimate of drug-likeness (QED) is 0.853. The van der Waals surface area contributed by atoms with E-state index in [1.807, 2.05) is 30.9 Å². The monoisotopic (exact) mass is 356 g/mol. The van der Waals surface area contributed by atoms with Crippen molar-refractivity contribution >= 4 is 22.9 Å². The Balaban J connectivity index is 1.45. The van der Waals surface area contributed by atoms with Crippen molar-refractivity contribution in [2.75, 3.05) is 13.1 Å². The molecule has 2 aliphatic rings. The number of fused-ring (bicyclic) bond motifs is 1. The van der Waals surface area contributed by atoms with E-state index in [1.54, 1.807) is 6.20 Å². The van der Waals surface area contributed by atoms with Crippen LogP contribution in [0.25, 0.3) is 11.0 Å². The fourth-order valence-corrected chi connectivity index (χ4v) is 4.19. The average Bonchev–Trinajstić information content (AvgIpc) is 3.15. The van der Waals surface area contributed by atoms with Gasteiger partial charge in [-0.05, 0) is 38.8 Å². The Kier molecular flexibility index (Phi) is 4.17. The number of carbonyl (C=O) groups is 2. The van der Waals surface area contributed by atoms with Gasteiger partial charge >= 0.3 is 5.97 Å². The van der Waals surface area contributed by atoms with Crippen molar-refractivity contribution in [3.05, 3.63) is 24.0 Å². The van der Waals surface area contributed by atoms with Crippen LogP contribution in [-0.2, 0) is 14.3 Å². The summed E-state index contributed by atoms with van der Waals surface area (Å²) in [6.45, 7) is 5.17. The number of aromatic amines is 1. The second-order valence-electron chi connectivity index (χ2n) is 7.98. The number of piperidine rings is 1. The third-order valence-corrected chi connectivity index (χ3v) is 5.41. The third-order valence-electron chi connectivity index (χ3n) is 5.41. The van der Waals surface area contributed by atoms with Crippen LogP contribution in [0.4, 0.5) is 0 Å². The van der Waals surface area contributed by atoms with Crippen LogP contribution >= 0.6 is 0 Å². The standard InChI is InChI=1S/C19H24N4O3/c1-19(2)10-13(18(25)26-19)9-15(24)23-8-4-5-12(11-23)16-14-6-3-7-20-17(14)22-21-16/h3,6-7,12-13H,4-5,8-11H2,1-2H3,(H,20,21,22). The molecule has 4 rings (SSSR count). The predicted octanol–water partition coefficient (Wildman–Crippen LogP) is 2.40. The minimum Gasteiger partial charge on any atom is -0.459 e. The molecule has 0 spiro atoms. The Bertz CT molecular complexity index is 844. The van der Waals surface area contributed by atoms with Gasteiger partial charge in [-0.15, -0.1) is 0 Å². The van der Waals surface area contributed by atoms with Crippen molar-refractivity contribution in [3.8, 4) is 0 Å². The first-order valence-electron chi connectivity index (χ1n) is 9.22. The number of H-pyrrole nitrogens is 1. The molecule has 26 heavy (non-hydrogen) atoms. The van der Waals surface area contributed by atoms with Gasteiger partial charge < -0.3 is 9.64 Å². The second-order valence-corrected chi connectivity index (χ2v) is 7.98. The number of ether oxygens (including phenoxy) is 1. The van der Waals surface area contributed by atoms with Crippen molar-refractivity contribution in [2.24, 2.45) is 5.92 Å². The molecule has 0 bridgehead atoms. The van der Waals surface area contributed by atoms with E-state index in [0.717, 1.165) is 30.5 Å². The first kappa shape index (κ1) is 17.0. The highest BCUT2D eigenvalue weighted by Crippen LogP contribution is 2.34. The maximum Gasteiger partial charge on any atom is 0.310 e. The van der Waals surface area contributed by atoms with Crippen LogP contribution in [0.5, 0.6) is 0 Å². The molecule has 0 radical (unpaired) electrons. The van der Waals surface area contributed by atoms with Crippen LogP contribution in [-0.4, -0.2) is 50.6 Å². The second kappa shape index (κ2) is 6.37. The molecule has 2 saturated heterocycles. The lowest BCUT2D eigenvalue weighted by molar-refractivity contribution is -0.150. The number of amides is 1. The van der Waals surface area contributed by atoms with Crippen LogP contribution in [0.2, 0.25) is 0 Å². The average molecular weight is 356 g/mol. The zero-order valence-corrected chi connectivity index (χ0v) is 15.2. The lowest BCUT2D eigenvalue weighted by atomic mass is 9.91. The highest BCUT2D eigenvalue weighted by molar-refractivity contribution is 5.84. The van der Waals surface area contributed by atoms with Crippen molar-refractivity contribution < 1.29 is 14.3 Å². The molecule has 2 aromatic heterocycles. The van der Waals surface area contributed by atoms with Gasteiger partial charge in [0.25, 0.3) is 0 Å². The van der Waals surface area contributed by atoms with E-state index in [2.05, 4.69) is 15.2 Å². The van der Waals surface area contributed by atoms with Gasteiger partial charge in [0.1, 0.15) is 5.60 Å². The number of nitrogens with zero attached hydrogens (tertiary/aromatic N) is 3. The number of esters is 1. The number of pyridine rings is 1. The summed E-state index contributed by atoms with van der Waals surface area (Å²) in [5.74, 6) is -0.317. The molecule has 2 atom stereocenters. The van der Waals surface area contributed by atoms with E-state index in [1.165, 1.54) is 0 Å². The third kappa shape index (κ3) is 3.18. The highest BCUT2D eigenvalue weighted by atomic mass is 16.6. The predicted molar refractivity (Wildman–Crippen MR) is 95.3 cm³/mol. The number of cyclic esters (lactones) is 1. The van der Waals surface area contributed by atoms with Crippen LogP contribution < -0.4 is 0 Å². The summed E-state index contributed by atoms with van der Waals surface area (Å²) in [5.41, 5.74) is 1.29. The van der Waals surface area contributed by atoms with Crippen LogP contribution in [0, 0.1) is 5.92 Å². The Morgan fingerprint density at radius 1 is 1.46 bits per heavy atom. The van der Waals surface area contributed by atoms with Gasteiger partial charge in [0, 0.05) is 49.1 Å². The van der Waals surface area contributed by atoms with E-state index >= 15 is 0 Å². The molecule has 0 aliphatic carbocycles. The van der Waals surface area contributed by atoms with Gasteiger partial charge in [-0.1, -0.05) is 0 Å². The van der Waals surface area contributed by atoms with Crippen molar-refractivity contribution in [3.63, 3.8) is 0 Å². The van der Waals surface area contributed by atoms with Crippen LogP contribution in [0.1, 0.15) is 51.1 Å². The summed E-state index contributed by atoms with van der Waals surface area (Å²) in [7, 11) is 0. The molecule has 0 aromatic carbocycles. The molecule has 7 heteroatoms. The zero-order valence-electron chi connectivity index (χ0n) is 15.2. The van der Waals surface area contributed by atoms with Gasteiger partial charge in [0.2, 0.25) is 5.91 Å². The molecule has 2 unspecified atom stereocenters. The van der Waals surface area contributed by atoms with E-state index in [-0.39, 0.29) is 30.1 Å². The Labute approximate surface area is 152 Å². The first-order valence-corrected chi connectivity index (χ1v) is 9.22. The fourth-order valence-electron chi connectivity index (χ4n) is 4.19. The minimum absolute atomic E-state index is 0.0382. The molecular weight excluding hydrogens is 332 g/mol. The van der Waals surface area contributed by atoms with E-state index in [4.69, 9.17) is 4.74 Å². The number of carbonyl (C=O) groups excluding carboxylic acids is 2. The molecule has 2 aromatic rings. The number of hydrogen-bond donors (Lipinski definition) is 1. The summed E-state index contributed by atoms with van der Waals surface area (Å²) >= 11 is 0. The van der Waals surface area contributed by atoms with Gasteiger partial charge in [-0.2, -0.15) is 5.10 Å². The maximum atomic E-state index is 12.8. The normalized spacial score (nSPS) is 25.5. The molecule has 0 saturated carbocycles. The molecule has 138 valence electrons. The van der Waals surface area contributed by atoms with Crippen LogP contribution in [0.3, 0.4) is 0 Å². The number of aromatic nitrogens is 3. The van der Waals surface area contributed by atoms with Gasteiger partial charge in [0.05, 0.1) is 5.92 Å². The largest absolute Gasteiger partial charge is 0.459 e. The number of rotatable bonds is 3. The lowest BCUT2D eigenvalue weighted by Gasteiger charge is -2.33. The Hall–Kier alpha value is -2.44. The lowest BCUT2D eigenvalue weighted by Crippen LogP contribution is -2.40. The number of hydrogen-bond acceptors (Lipinski definition) is 5. The van der Waals surface area contributed by atoms with Crippen LogP contribution in [0.15, 0.2) is 18.3 Å². The van der Waals surface area contributed by atoms with E-state index < -0.39 is 5.60 Å². The van der Waals surface area contributed by atoms with Crippen molar-refractivity contribution in [1.29, 1.82) is 0 Å². The van der Waals surface area contributed by atoms with Gasteiger partial charge in [0.15, 0.2) is 5.65 Å². The number of nitrogens with one attached hydrogen (secondary N) is 1. The SMILES string of the molecule is CC1(C)CC(CC(=O)N2CCCC(c3[nH]nc4ncccc34)C2)C(=O)O1. The maximum absolute atomic E-state index is 12.8. The Morgan fingerprint density at radius 2 is 2.31 bits per heavy atom. The summed E-state index contributed by atoms with van der Waals surface area (Å²) in [6.07, 6.45) is 4.52. The zero-order chi connectivity index (χ0) is 18.3. The molecule has 2 fully saturated rings. The molecule has 2 aliphatic heterocycles. The molecular formula is C19H24N4O3. The molecule has 4 heterocycles. The summed E-state index contributed by atoms with van der Waals surface area (Å²) in [6, 6.07) is 3.92. The summed E-state index contributed by atoms with van der Waals surface area (Å²) < 4.78 is 5.35. The number of likely N-dealkylation sites (tertiary alicyclic amines) is 1. The minimum atomic E-state index is -0.464. The molecule has 7 nitrogen and oxygen atoms in total. The van der Waals surface area contributed by atoms with E-state index in [0.29, 0.717) is 18.6 Å². The molecule has 1 amide bonds. The Morgan fingerprint density at radius 3 is 3.08 bits per heavy atom. The summed E-state index contributed by atoms with van der Waals surface area (Å²) in [5, 5.41) is 8.40. The van der Waals surface area contributed by atoms with E-state index in [9.17, 15) is 9.59 Å². The topological polar surface area (TPSA) is 88.2 Å². The van der Waals surface area contributed by atoms with Gasteiger partial charge in [-0.3, -0.25) is 14.7 Å².